The molecule has 1 aromatic heterocycles. The SMILES string of the molecule is CC(C)Oc1cccc(-c2cc(C(=O)NN)c3ccccc3n2)c1. The van der Waals surface area contributed by atoms with Gasteiger partial charge in [0.15, 0.2) is 0 Å². The smallest absolute Gasteiger partial charge is 0.265 e. The highest BCUT2D eigenvalue weighted by molar-refractivity contribution is 6.07. The van der Waals surface area contributed by atoms with Crippen LogP contribution in [0.15, 0.2) is 54.6 Å². The fourth-order valence-corrected chi connectivity index (χ4v) is 2.59. The number of benzene rings is 2. The molecule has 1 heterocycles. The largest absolute Gasteiger partial charge is 0.491 e. The van der Waals surface area contributed by atoms with Gasteiger partial charge < -0.3 is 4.74 Å². The number of rotatable bonds is 4. The van der Waals surface area contributed by atoms with E-state index in [4.69, 9.17) is 10.6 Å². The maximum atomic E-state index is 12.1. The lowest BCUT2D eigenvalue weighted by molar-refractivity contribution is 0.0955. The topological polar surface area (TPSA) is 77.2 Å². The second-order valence-corrected chi connectivity index (χ2v) is 5.74. The van der Waals surface area contributed by atoms with E-state index in [9.17, 15) is 4.79 Å². The number of hydrazine groups is 1. The van der Waals surface area contributed by atoms with E-state index in [2.05, 4.69) is 10.4 Å². The molecule has 3 N–H and O–H groups in total. The average molecular weight is 321 g/mol. The van der Waals surface area contributed by atoms with Crippen LogP contribution in [0.25, 0.3) is 22.2 Å². The second-order valence-electron chi connectivity index (χ2n) is 5.74. The Labute approximate surface area is 140 Å². The molecule has 0 saturated heterocycles. The molecule has 1 amide bonds. The van der Waals surface area contributed by atoms with Gasteiger partial charge in [-0.15, -0.1) is 0 Å². The van der Waals surface area contributed by atoms with Gasteiger partial charge in [0.25, 0.3) is 5.91 Å². The van der Waals surface area contributed by atoms with Crippen molar-refractivity contribution in [2.24, 2.45) is 5.84 Å². The summed E-state index contributed by atoms with van der Waals surface area (Å²) in [5.74, 6) is 5.75. The van der Waals surface area contributed by atoms with Crippen LogP contribution in [0, 0.1) is 0 Å². The number of nitrogens with two attached hydrogens (primary N) is 1. The molecular formula is C19H19N3O2. The fourth-order valence-electron chi connectivity index (χ4n) is 2.59. The highest BCUT2D eigenvalue weighted by Crippen LogP contribution is 2.27. The van der Waals surface area contributed by atoms with Crippen LogP contribution in [0.2, 0.25) is 0 Å². The molecule has 5 heteroatoms. The van der Waals surface area contributed by atoms with Crippen molar-refractivity contribution < 1.29 is 9.53 Å². The van der Waals surface area contributed by atoms with Crippen LogP contribution in [0.4, 0.5) is 0 Å². The van der Waals surface area contributed by atoms with Gasteiger partial charge in [-0.25, -0.2) is 10.8 Å². The quantitative estimate of drug-likeness (QED) is 0.439. The van der Waals surface area contributed by atoms with E-state index in [1.807, 2.05) is 62.4 Å². The van der Waals surface area contributed by atoms with Crippen molar-refractivity contribution in [3.8, 4) is 17.0 Å². The van der Waals surface area contributed by atoms with Gasteiger partial charge in [-0.2, -0.15) is 0 Å². The first-order valence-electron chi connectivity index (χ1n) is 7.76. The van der Waals surface area contributed by atoms with E-state index >= 15 is 0 Å². The molecule has 5 nitrogen and oxygen atoms in total. The molecule has 0 unspecified atom stereocenters. The van der Waals surface area contributed by atoms with Gasteiger partial charge in [0.1, 0.15) is 5.75 Å². The molecule has 0 aliphatic rings. The number of aromatic nitrogens is 1. The maximum absolute atomic E-state index is 12.1. The zero-order chi connectivity index (χ0) is 17.1. The van der Waals surface area contributed by atoms with E-state index in [-0.39, 0.29) is 12.0 Å². The van der Waals surface area contributed by atoms with Gasteiger partial charge in [-0.05, 0) is 38.1 Å². The number of para-hydroxylation sites is 1. The summed E-state index contributed by atoms with van der Waals surface area (Å²) >= 11 is 0. The third-order valence-electron chi connectivity index (χ3n) is 3.59. The molecule has 0 spiro atoms. The standard InChI is InChI=1S/C19H19N3O2/c1-12(2)24-14-7-5-6-13(10-14)18-11-16(19(23)22-20)15-8-3-4-9-17(15)21-18/h3-12H,20H2,1-2H3,(H,22,23). The molecule has 24 heavy (non-hydrogen) atoms. The van der Waals surface area contributed by atoms with Gasteiger partial charge in [-0.3, -0.25) is 10.2 Å². The van der Waals surface area contributed by atoms with Crippen molar-refractivity contribution in [1.82, 2.24) is 10.4 Å². The van der Waals surface area contributed by atoms with Crippen LogP contribution in [-0.4, -0.2) is 17.0 Å². The Hall–Kier alpha value is -2.92. The lowest BCUT2D eigenvalue weighted by Crippen LogP contribution is -2.30. The number of fused-ring (bicyclic) bond motifs is 1. The molecule has 0 aliphatic carbocycles. The van der Waals surface area contributed by atoms with E-state index < -0.39 is 0 Å². The van der Waals surface area contributed by atoms with Gasteiger partial charge in [-0.1, -0.05) is 30.3 Å². The fraction of sp³-hybridized carbons (Fsp3) is 0.158. The highest BCUT2D eigenvalue weighted by Gasteiger charge is 2.13. The Bertz CT molecular complexity index is 891. The predicted octanol–water partition coefficient (Wildman–Crippen LogP) is 3.29. The first-order chi connectivity index (χ1) is 11.6. The molecule has 0 fully saturated rings. The second kappa shape index (κ2) is 6.68. The van der Waals surface area contributed by atoms with Crippen molar-refractivity contribution in [1.29, 1.82) is 0 Å². The number of nitrogens with zero attached hydrogens (tertiary/aromatic N) is 1. The van der Waals surface area contributed by atoms with Crippen LogP contribution in [0.5, 0.6) is 5.75 Å². The lowest BCUT2D eigenvalue weighted by Gasteiger charge is -2.12. The Balaban J connectivity index is 2.15. The number of pyridine rings is 1. The summed E-state index contributed by atoms with van der Waals surface area (Å²) in [6.45, 7) is 3.95. The highest BCUT2D eigenvalue weighted by atomic mass is 16.5. The summed E-state index contributed by atoms with van der Waals surface area (Å²) in [5, 5.41) is 0.763. The first-order valence-corrected chi connectivity index (χ1v) is 7.76. The molecule has 0 aliphatic heterocycles. The molecular weight excluding hydrogens is 302 g/mol. The van der Waals surface area contributed by atoms with Crippen molar-refractivity contribution in [3.05, 3.63) is 60.2 Å². The number of carbonyl (C=O) groups excluding carboxylic acids is 1. The predicted molar refractivity (Wildman–Crippen MR) is 94.6 cm³/mol. The zero-order valence-electron chi connectivity index (χ0n) is 13.6. The molecule has 0 bridgehead atoms. The van der Waals surface area contributed by atoms with Gasteiger partial charge in [0.05, 0.1) is 22.9 Å². The minimum atomic E-state index is -0.343. The summed E-state index contributed by atoms with van der Waals surface area (Å²) in [5.41, 5.74) is 5.01. The Morgan fingerprint density at radius 3 is 2.67 bits per heavy atom. The maximum Gasteiger partial charge on any atom is 0.265 e. The van der Waals surface area contributed by atoms with E-state index in [1.54, 1.807) is 6.07 Å². The molecule has 0 radical (unpaired) electrons. The number of nitrogen functional groups attached to an aromatic ring is 1. The summed E-state index contributed by atoms with van der Waals surface area (Å²) in [4.78, 5) is 16.8. The first kappa shape index (κ1) is 16.0. The number of ether oxygens (including phenoxy) is 1. The lowest BCUT2D eigenvalue weighted by atomic mass is 10.0. The van der Waals surface area contributed by atoms with Gasteiger partial charge >= 0.3 is 0 Å². The number of hydrogen-bond donors (Lipinski definition) is 2. The summed E-state index contributed by atoms with van der Waals surface area (Å²) < 4.78 is 5.74. The number of carbonyl (C=O) groups is 1. The normalized spacial score (nSPS) is 10.8. The average Bonchev–Trinajstić information content (AvgIpc) is 2.59. The van der Waals surface area contributed by atoms with E-state index in [0.717, 1.165) is 22.2 Å². The monoisotopic (exact) mass is 321 g/mol. The number of hydrogen-bond acceptors (Lipinski definition) is 4. The number of nitrogens with one attached hydrogen (secondary N) is 1. The van der Waals surface area contributed by atoms with Gasteiger partial charge in [0, 0.05) is 10.9 Å². The van der Waals surface area contributed by atoms with E-state index in [0.29, 0.717) is 11.3 Å². The minimum absolute atomic E-state index is 0.0865. The van der Waals surface area contributed by atoms with Crippen LogP contribution in [0.1, 0.15) is 24.2 Å². The molecule has 2 aromatic carbocycles. The Kier molecular flexibility index (Phi) is 4.44. The number of amides is 1. The summed E-state index contributed by atoms with van der Waals surface area (Å²) in [7, 11) is 0. The molecule has 3 rings (SSSR count). The third kappa shape index (κ3) is 3.21. The van der Waals surface area contributed by atoms with Crippen LogP contribution < -0.4 is 16.0 Å². The van der Waals surface area contributed by atoms with Crippen molar-refractivity contribution in [2.75, 3.05) is 0 Å². The van der Waals surface area contributed by atoms with Crippen LogP contribution in [-0.2, 0) is 0 Å². The van der Waals surface area contributed by atoms with Crippen LogP contribution >= 0.6 is 0 Å². The molecule has 0 saturated carbocycles. The summed E-state index contributed by atoms with van der Waals surface area (Å²) in [6.07, 6.45) is 0.0865. The minimum Gasteiger partial charge on any atom is -0.491 e. The molecule has 122 valence electrons. The molecule has 0 atom stereocenters. The van der Waals surface area contributed by atoms with E-state index in [1.165, 1.54) is 0 Å². The summed E-state index contributed by atoms with van der Waals surface area (Å²) in [6, 6.07) is 16.9. The van der Waals surface area contributed by atoms with Crippen molar-refractivity contribution >= 4 is 16.8 Å². The third-order valence-corrected chi connectivity index (χ3v) is 3.59. The van der Waals surface area contributed by atoms with Crippen molar-refractivity contribution in [3.63, 3.8) is 0 Å². The zero-order valence-corrected chi connectivity index (χ0v) is 13.6. The Morgan fingerprint density at radius 1 is 1.12 bits per heavy atom. The molecule has 3 aromatic rings. The van der Waals surface area contributed by atoms with Gasteiger partial charge in [0.2, 0.25) is 0 Å². The van der Waals surface area contributed by atoms with Crippen LogP contribution in [0.3, 0.4) is 0 Å². The van der Waals surface area contributed by atoms with Crippen molar-refractivity contribution in [2.45, 2.75) is 20.0 Å². The Morgan fingerprint density at radius 2 is 1.92 bits per heavy atom.